The van der Waals surface area contributed by atoms with Gasteiger partial charge in [0.05, 0.1) is 15.2 Å². The predicted molar refractivity (Wildman–Crippen MR) is 73.9 cm³/mol. The highest BCUT2D eigenvalue weighted by Gasteiger charge is 2.06. The van der Waals surface area contributed by atoms with Crippen LogP contribution in [0.25, 0.3) is 0 Å². The fraction of sp³-hybridized carbons (Fsp3) is 0. The van der Waals surface area contributed by atoms with Crippen molar-refractivity contribution in [3.63, 3.8) is 0 Å². The third-order valence-electron chi connectivity index (χ3n) is 1.93. The lowest BCUT2D eigenvalue weighted by atomic mass is 10.3. The fourth-order valence-corrected chi connectivity index (χ4v) is 1.97. The van der Waals surface area contributed by atoms with E-state index in [1.807, 2.05) is 12.1 Å². The lowest BCUT2D eigenvalue weighted by molar-refractivity contribution is 1.18. The molecule has 2 rings (SSSR count). The summed E-state index contributed by atoms with van der Waals surface area (Å²) < 4.78 is 0.745. The summed E-state index contributed by atoms with van der Waals surface area (Å²) in [6.07, 6.45) is 0. The van der Waals surface area contributed by atoms with E-state index >= 15 is 0 Å². The van der Waals surface area contributed by atoms with Gasteiger partial charge in [0.2, 0.25) is 5.95 Å². The lowest BCUT2D eigenvalue weighted by Gasteiger charge is -2.09. The predicted octanol–water partition coefficient (Wildman–Crippen LogP) is 3.87. The molecule has 0 aliphatic heterocycles. The Labute approximate surface area is 116 Å². The van der Waals surface area contributed by atoms with Gasteiger partial charge in [0.25, 0.3) is 0 Å². The molecule has 2 aromatic rings. The van der Waals surface area contributed by atoms with Crippen LogP contribution in [0.15, 0.2) is 28.7 Å². The Balaban J connectivity index is 2.34. The second-order valence-corrected chi connectivity index (χ2v) is 4.75. The van der Waals surface area contributed by atoms with Crippen molar-refractivity contribution in [2.75, 3.05) is 11.1 Å². The van der Waals surface area contributed by atoms with Crippen LogP contribution in [-0.2, 0) is 0 Å². The Morgan fingerprint density at radius 2 is 2.00 bits per heavy atom. The molecule has 4 nitrogen and oxygen atoms in total. The summed E-state index contributed by atoms with van der Waals surface area (Å²) in [6, 6.07) is 7.02. The molecule has 0 spiro atoms. The molecule has 0 unspecified atom stereocenters. The molecule has 0 saturated carbocycles. The number of rotatable bonds is 2. The van der Waals surface area contributed by atoms with E-state index in [0.717, 1.165) is 10.2 Å². The first kappa shape index (κ1) is 12.4. The summed E-state index contributed by atoms with van der Waals surface area (Å²) in [5.74, 6) is 0.614. The second-order valence-electron chi connectivity index (χ2n) is 3.16. The smallest absolute Gasteiger partial charge is 0.223 e. The standard InChI is InChI=1S/C10H7BrCl2N4/c11-9-5(12)2-1-3-6(9)15-8-4-7(13)16-10(14)17-8/h1-4H,(H3,14,15,16,17). The van der Waals surface area contributed by atoms with E-state index in [-0.39, 0.29) is 11.1 Å². The molecule has 3 N–H and O–H groups in total. The topological polar surface area (TPSA) is 63.8 Å². The molecule has 1 aromatic heterocycles. The lowest BCUT2D eigenvalue weighted by Crippen LogP contribution is -2.00. The van der Waals surface area contributed by atoms with Crippen molar-refractivity contribution in [2.45, 2.75) is 0 Å². The van der Waals surface area contributed by atoms with Crippen molar-refractivity contribution in [2.24, 2.45) is 0 Å². The molecule has 0 aliphatic rings. The van der Waals surface area contributed by atoms with Gasteiger partial charge in [0.1, 0.15) is 11.0 Å². The Hall–Kier alpha value is -1.04. The number of aromatic nitrogens is 2. The molecule has 0 bridgehead atoms. The molecule has 88 valence electrons. The van der Waals surface area contributed by atoms with Crippen LogP contribution in [0.5, 0.6) is 0 Å². The first-order valence-electron chi connectivity index (χ1n) is 4.57. The largest absolute Gasteiger partial charge is 0.368 e. The molecule has 0 saturated heterocycles. The average Bonchev–Trinajstić information content (AvgIpc) is 2.23. The third kappa shape index (κ3) is 3.00. The minimum Gasteiger partial charge on any atom is -0.368 e. The monoisotopic (exact) mass is 332 g/mol. The SMILES string of the molecule is Nc1nc(Cl)cc(Nc2cccc(Cl)c2Br)n1. The van der Waals surface area contributed by atoms with E-state index in [2.05, 4.69) is 31.2 Å². The summed E-state index contributed by atoms with van der Waals surface area (Å²) >= 11 is 15.1. The minimum absolute atomic E-state index is 0.109. The number of anilines is 3. The van der Waals surface area contributed by atoms with Crippen molar-refractivity contribution >= 4 is 56.6 Å². The van der Waals surface area contributed by atoms with Gasteiger partial charge in [-0.05, 0) is 28.1 Å². The Kier molecular flexibility index (Phi) is 3.71. The summed E-state index contributed by atoms with van der Waals surface area (Å²) in [5, 5.41) is 3.92. The van der Waals surface area contributed by atoms with Gasteiger partial charge in [-0.3, -0.25) is 0 Å². The maximum Gasteiger partial charge on any atom is 0.223 e. The van der Waals surface area contributed by atoms with Gasteiger partial charge in [0, 0.05) is 6.07 Å². The number of halogens is 3. The molecule has 0 amide bonds. The quantitative estimate of drug-likeness (QED) is 0.819. The van der Waals surface area contributed by atoms with E-state index in [1.165, 1.54) is 0 Å². The number of nitrogen functional groups attached to an aromatic ring is 1. The summed E-state index contributed by atoms with van der Waals surface area (Å²) in [6.45, 7) is 0. The zero-order valence-electron chi connectivity index (χ0n) is 8.42. The third-order valence-corrected chi connectivity index (χ3v) is 3.52. The molecular formula is C10H7BrCl2N4. The van der Waals surface area contributed by atoms with Gasteiger partial charge in [-0.25, -0.2) is 4.98 Å². The van der Waals surface area contributed by atoms with Crippen molar-refractivity contribution in [3.05, 3.63) is 38.9 Å². The molecular weight excluding hydrogens is 327 g/mol. The van der Waals surface area contributed by atoms with Crippen LogP contribution < -0.4 is 11.1 Å². The van der Waals surface area contributed by atoms with Gasteiger partial charge in [-0.2, -0.15) is 4.98 Å². The highest BCUT2D eigenvalue weighted by Crippen LogP contribution is 2.32. The van der Waals surface area contributed by atoms with E-state index in [0.29, 0.717) is 10.8 Å². The first-order chi connectivity index (χ1) is 8.06. The van der Waals surface area contributed by atoms with Crippen LogP contribution in [-0.4, -0.2) is 9.97 Å². The Morgan fingerprint density at radius 3 is 2.71 bits per heavy atom. The molecule has 7 heteroatoms. The van der Waals surface area contributed by atoms with E-state index in [4.69, 9.17) is 28.9 Å². The second kappa shape index (κ2) is 5.08. The maximum atomic E-state index is 5.97. The van der Waals surface area contributed by atoms with E-state index in [9.17, 15) is 0 Å². The molecule has 17 heavy (non-hydrogen) atoms. The maximum absolute atomic E-state index is 5.97. The van der Waals surface area contributed by atoms with Crippen LogP contribution in [0, 0.1) is 0 Å². The zero-order valence-corrected chi connectivity index (χ0v) is 11.5. The van der Waals surface area contributed by atoms with Crippen molar-refractivity contribution in [1.29, 1.82) is 0 Å². The van der Waals surface area contributed by atoms with E-state index in [1.54, 1.807) is 12.1 Å². The van der Waals surface area contributed by atoms with Crippen LogP contribution in [0.4, 0.5) is 17.5 Å². The van der Waals surface area contributed by atoms with Crippen LogP contribution in [0.1, 0.15) is 0 Å². The van der Waals surface area contributed by atoms with Crippen molar-refractivity contribution in [1.82, 2.24) is 9.97 Å². The van der Waals surface area contributed by atoms with Gasteiger partial charge < -0.3 is 11.1 Å². The first-order valence-corrected chi connectivity index (χ1v) is 6.12. The summed E-state index contributed by atoms with van der Waals surface area (Å²) in [5.41, 5.74) is 6.27. The van der Waals surface area contributed by atoms with Crippen molar-refractivity contribution < 1.29 is 0 Å². The molecule has 0 atom stereocenters. The number of hydrogen-bond donors (Lipinski definition) is 2. The Bertz CT molecular complexity index is 542. The zero-order chi connectivity index (χ0) is 12.4. The van der Waals surface area contributed by atoms with Crippen molar-refractivity contribution in [3.8, 4) is 0 Å². The molecule has 1 aromatic carbocycles. The van der Waals surface area contributed by atoms with Gasteiger partial charge >= 0.3 is 0 Å². The number of nitrogens with two attached hydrogens (primary N) is 1. The Morgan fingerprint density at radius 1 is 1.24 bits per heavy atom. The average molecular weight is 334 g/mol. The molecule has 0 radical (unpaired) electrons. The van der Waals surface area contributed by atoms with E-state index < -0.39 is 0 Å². The highest BCUT2D eigenvalue weighted by atomic mass is 79.9. The highest BCUT2D eigenvalue weighted by molar-refractivity contribution is 9.10. The molecule has 0 fully saturated rings. The summed E-state index contributed by atoms with van der Waals surface area (Å²) in [7, 11) is 0. The summed E-state index contributed by atoms with van der Waals surface area (Å²) in [4.78, 5) is 7.78. The molecule has 0 aliphatic carbocycles. The minimum atomic E-state index is 0.109. The van der Waals surface area contributed by atoms with Gasteiger partial charge in [0.15, 0.2) is 0 Å². The van der Waals surface area contributed by atoms with Crippen LogP contribution in [0.3, 0.4) is 0 Å². The number of nitrogens with zero attached hydrogens (tertiary/aromatic N) is 2. The fourth-order valence-electron chi connectivity index (χ4n) is 1.24. The number of hydrogen-bond acceptors (Lipinski definition) is 4. The van der Waals surface area contributed by atoms with Gasteiger partial charge in [-0.15, -0.1) is 0 Å². The normalized spacial score (nSPS) is 10.3. The van der Waals surface area contributed by atoms with Crippen LogP contribution in [0.2, 0.25) is 10.2 Å². The molecule has 1 heterocycles. The number of nitrogens with one attached hydrogen (secondary N) is 1. The van der Waals surface area contributed by atoms with Gasteiger partial charge in [-0.1, -0.05) is 29.3 Å². The number of benzene rings is 1. The van der Waals surface area contributed by atoms with Crippen LogP contribution >= 0.6 is 39.1 Å².